The molecular formula is C17H22Cl2N2O3. The molecule has 132 valence electrons. The van der Waals surface area contributed by atoms with Gasteiger partial charge < -0.3 is 14.8 Å². The Kier molecular flexibility index (Phi) is 6.00. The minimum Gasteiger partial charge on any atom is -0.355 e. The van der Waals surface area contributed by atoms with Crippen molar-refractivity contribution in [3.63, 3.8) is 0 Å². The summed E-state index contributed by atoms with van der Waals surface area (Å²) in [6.07, 6.45) is 2.33. The zero-order valence-electron chi connectivity index (χ0n) is 13.5. The number of carbonyl (C=O) groups is 1. The number of amides is 1. The lowest BCUT2D eigenvalue weighted by atomic mass is 10.0. The molecule has 2 aliphatic rings. The van der Waals surface area contributed by atoms with E-state index in [4.69, 9.17) is 32.7 Å². The maximum absolute atomic E-state index is 12.1. The second-order valence-corrected chi connectivity index (χ2v) is 7.06. The number of piperidine rings is 1. The fourth-order valence-corrected chi connectivity index (χ4v) is 3.66. The first-order valence-electron chi connectivity index (χ1n) is 8.27. The maximum Gasteiger partial charge on any atom is 0.234 e. The fraction of sp³-hybridized carbons (Fsp3) is 0.588. The molecule has 24 heavy (non-hydrogen) atoms. The molecule has 1 spiro atoms. The normalized spacial score (nSPS) is 20.4. The molecule has 0 radical (unpaired) electrons. The number of hydrogen-bond acceptors (Lipinski definition) is 4. The summed E-state index contributed by atoms with van der Waals surface area (Å²) in [5, 5.41) is 4.20. The standard InChI is InChI=1S/C17H22Cl2N2O3/c18-14-2-1-13(15(19)11-14)3-6-20-16(22)12-21-7-4-17(5-8-21)23-9-10-24-17/h1-2,11H,3-10,12H2,(H,20,22). The number of nitrogens with zero attached hydrogens (tertiary/aromatic N) is 1. The first-order chi connectivity index (χ1) is 11.6. The van der Waals surface area contributed by atoms with Crippen molar-refractivity contribution in [2.75, 3.05) is 39.4 Å². The highest BCUT2D eigenvalue weighted by molar-refractivity contribution is 6.35. The Balaban J connectivity index is 1.37. The van der Waals surface area contributed by atoms with Crippen LogP contribution < -0.4 is 5.32 Å². The summed E-state index contributed by atoms with van der Waals surface area (Å²) in [5.74, 6) is -0.359. The molecule has 2 heterocycles. The maximum atomic E-state index is 12.1. The van der Waals surface area contributed by atoms with Crippen molar-refractivity contribution < 1.29 is 14.3 Å². The molecule has 1 amide bonds. The van der Waals surface area contributed by atoms with Gasteiger partial charge in [-0.25, -0.2) is 0 Å². The van der Waals surface area contributed by atoms with E-state index in [1.807, 2.05) is 6.07 Å². The van der Waals surface area contributed by atoms with Gasteiger partial charge in [-0.1, -0.05) is 29.3 Å². The summed E-state index contributed by atoms with van der Waals surface area (Å²) in [6, 6.07) is 5.42. The first kappa shape index (κ1) is 18.0. The summed E-state index contributed by atoms with van der Waals surface area (Å²) >= 11 is 12.0. The van der Waals surface area contributed by atoms with E-state index < -0.39 is 5.79 Å². The molecule has 0 unspecified atom stereocenters. The van der Waals surface area contributed by atoms with Crippen molar-refractivity contribution in [2.45, 2.75) is 25.0 Å². The Labute approximate surface area is 152 Å². The topological polar surface area (TPSA) is 50.8 Å². The molecule has 1 aromatic rings. The van der Waals surface area contributed by atoms with E-state index in [1.165, 1.54) is 0 Å². The van der Waals surface area contributed by atoms with Gasteiger partial charge in [0, 0.05) is 42.5 Å². The van der Waals surface area contributed by atoms with E-state index in [9.17, 15) is 4.79 Å². The van der Waals surface area contributed by atoms with Crippen LogP contribution in [0.1, 0.15) is 18.4 Å². The van der Waals surface area contributed by atoms with E-state index in [0.717, 1.165) is 31.5 Å². The number of carbonyl (C=O) groups excluding carboxylic acids is 1. The molecule has 0 bridgehead atoms. The number of rotatable bonds is 5. The van der Waals surface area contributed by atoms with Crippen LogP contribution in [-0.4, -0.2) is 56.0 Å². The zero-order chi connectivity index (χ0) is 17.0. The van der Waals surface area contributed by atoms with Gasteiger partial charge in [-0.2, -0.15) is 0 Å². The molecule has 0 aromatic heterocycles. The number of likely N-dealkylation sites (tertiary alicyclic amines) is 1. The number of halogens is 2. The molecule has 2 fully saturated rings. The Morgan fingerprint density at radius 2 is 1.92 bits per heavy atom. The predicted molar refractivity (Wildman–Crippen MR) is 93.5 cm³/mol. The third kappa shape index (κ3) is 4.61. The lowest BCUT2D eigenvalue weighted by molar-refractivity contribution is -0.185. The van der Waals surface area contributed by atoms with Crippen molar-refractivity contribution in [1.29, 1.82) is 0 Å². The van der Waals surface area contributed by atoms with Gasteiger partial charge in [-0.3, -0.25) is 9.69 Å². The van der Waals surface area contributed by atoms with E-state index in [-0.39, 0.29) is 5.91 Å². The molecule has 1 aromatic carbocycles. The van der Waals surface area contributed by atoms with Gasteiger partial charge in [0.1, 0.15) is 0 Å². The second-order valence-electron chi connectivity index (χ2n) is 6.22. The van der Waals surface area contributed by atoms with Gasteiger partial charge in [0.15, 0.2) is 5.79 Å². The van der Waals surface area contributed by atoms with Crippen LogP contribution in [0.25, 0.3) is 0 Å². The van der Waals surface area contributed by atoms with Gasteiger partial charge in [-0.05, 0) is 24.1 Å². The molecule has 5 nitrogen and oxygen atoms in total. The third-order valence-corrected chi connectivity index (χ3v) is 5.12. The predicted octanol–water partition coefficient (Wildman–Crippen LogP) is 2.49. The Bertz CT molecular complexity index is 581. The van der Waals surface area contributed by atoms with Gasteiger partial charge in [0.05, 0.1) is 19.8 Å². The Morgan fingerprint density at radius 1 is 1.21 bits per heavy atom. The monoisotopic (exact) mass is 372 g/mol. The largest absolute Gasteiger partial charge is 0.355 e. The van der Waals surface area contributed by atoms with Gasteiger partial charge >= 0.3 is 0 Å². The molecule has 2 saturated heterocycles. The third-order valence-electron chi connectivity index (χ3n) is 4.53. The van der Waals surface area contributed by atoms with Crippen LogP contribution in [0.2, 0.25) is 10.0 Å². The van der Waals surface area contributed by atoms with Crippen molar-refractivity contribution in [3.05, 3.63) is 33.8 Å². The summed E-state index contributed by atoms with van der Waals surface area (Å²) in [4.78, 5) is 14.2. The van der Waals surface area contributed by atoms with Crippen LogP contribution in [0.3, 0.4) is 0 Å². The number of nitrogens with one attached hydrogen (secondary N) is 1. The molecule has 0 atom stereocenters. The van der Waals surface area contributed by atoms with E-state index in [0.29, 0.717) is 42.8 Å². The van der Waals surface area contributed by atoms with Crippen LogP contribution >= 0.6 is 23.2 Å². The smallest absolute Gasteiger partial charge is 0.234 e. The zero-order valence-corrected chi connectivity index (χ0v) is 15.0. The SMILES string of the molecule is O=C(CN1CCC2(CC1)OCCO2)NCCc1ccc(Cl)cc1Cl. The fourth-order valence-electron chi connectivity index (χ4n) is 3.16. The summed E-state index contributed by atoms with van der Waals surface area (Å²) in [6.45, 7) is 3.95. The van der Waals surface area contributed by atoms with E-state index >= 15 is 0 Å². The number of hydrogen-bond donors (Lipinski definition) is 1. The lowest BCUT2D eigenvalue weighted by Crippen LogP contribution is -2.48. The summed E-state index contributed by atoms with van der Waals surface area (Å²) < 4.78 is 11.4. The molecular weight excluding hydrogens is 351 g/mol. The van der Waals surface area contributed by atoms with Crippen LogP contribution in [0.5, 0.6) is 0 Å². The summed E-state index contributed by atoms with van der Waals surface area (Å²) in [7, 11) is 0. The van der Waals surface area contributed by atoms with Gasteiger partial charge in [-0.15, -0.1) is 0 Å². The van der Waals surface area contributed by atoms with Crippen LogP contribution in [0.15, 0.2) is 18.2 Å². The summed E-state index contributed by atoms with van der Waals surface area (Å²) in [5.41, 5.74) is 0.983. The quantitative estimate of drug-likeness (QED) is 0.862. The van der Waals surface area contributed by atoms with Gasteiger partial charge in [0.25, 0.3) is 0 Å². The second kappa shape index (κ2) is 8.02. The molecule has 7 heteroatoms. The molecule has 0 aliphatic carbocycles. The molecule has 2 aliphatic heterocycles. The first-order valence-corrected chi connectivity index (χ1v) is 9.03. The minimum atomic E-state index is -0.391. The van der Waals surface area contributed by atoms with Crippen molar-refractivity contribution in [3.8, 4) is 0 Å². The lowest BCUT2D eigenvalue weighted by Gasteiger charge is -2.37. The Morgan fingerprint density at radius 3 is 2.58 bits per heavy atom. The number of benzene rings is 1. The molecule has 1 N–H and O–H groups in total. The highest BCUT2D eigenvalue weighted by Crippen LogP contribution is 2.31. The van der Waals surface area contributed by atoms with Gasteiger partial charge in [0.2, 0.25) is 5.91 Å². The van der Waals surface area contributed by atoms with Crippen LogP contribution in [0, 0.1) is 0 Å². The highest BCUT2D eigenvalue weighted by Gasteiger charge is 2.39. The molecule has 0 saturated carbocycles. The highest BCUT2D eigenvalue weighted by atomic mass is 35.5. The van der Waals surface area contributed by atoms with Crippen LogP contribution in [0.4, 0.5) is 0 Å². The van der Waals surface area contributed by atoms with Crippen molar-refractivity contribution >= 4 is 29.1 Å². The minimum absolute atomic E-state index is 0.0318. The van der Waals surface area contributed by atoms with Crippen molar-refractivity contribution in [2.24, 2.45) is 0 Å². The van der Waals surface area contributed by atoms with Crippen LogP contribution in [-0.2, 0) is 20.7 Å². The van der Waals surface area contributed by atoms with Crippen molar-refractivity contribution in [1.82, 2.24) is 10.2 Å². The number of ether oxygens (including phenoxy) is 2. The Hall–Kier alpha value is -0.850. The van der Waals surface area contributed by atoms with E-state index in [2.05, 4.69) is 10.2 Å². The average molecular weight is 373 g/mol. The van der Waals surface area contributed by atoms with E-state index in [1.54, 1.807) is 12.1 Å². The molecule has 3 rings (SSSR count). The average Bonchev–Trinajstić information content (AvgIpc) is 3.00.